The van der Waals surface area contributed by atoms with Crippen LogP contribution >= 0.6 is 0 Å². The summed E-state index contributed by atoms with van der Waals surface area (Å²) in [6.45, 7) is 4.35. The molecule has 0 saturated heterocycles. The van der Waals surface area contributed by atoms with Gasteiger partial charge >= 0.3 is 0 Å². The fourth-order valence-electron chi connectivity index (χ4n) is 2.23. The monoisotopic (exact) mass is 285 g/mol. The topological polar surface area (TPSA) is 23.8 Å². The van der Waals surface area contributed by atoms with Crippen molar-refractivity contribution in [1.29, 1.82) is 5.26 Å². The molecule has 0 aromatic heterocycles. The minimum Gasteiger partial charge on any atom is -0.205 e. The SMILES string of the molecule is CCC(C)Cc1ccc(-c2cc(F)c(C#N)c(F)c2)cc1. The summed E-state index contributed by atoms with van der Waals surface area (Å²) in [7, 11) is 0. The van der Waals surface area contributed by atoms with E-state index in [2.05, 4.69) is 13.8 Å². The molecule has 0 bridgehead atoms. The highest BCUT2D eigenvalue weighted by molar-refractivity contribution is 5.65. The Balaban J connectivity index is 2.29. The zero-order chi connectivity index (χ0) is 15.4. The van der Waals surface area contributed by atoms with Crippen molar-refractivity contribution >= 4 is 0 Å². The lowest BCUT2D eigenvalue weighted by molar-refractivity contribution is 0.560. The molecule has 0 aliphatic carbocycles. The second-order valence-corrected chi connectivity index (χ2v) is 5.34. The zero-order valence-electron chi connectivity index (χ0n) is 12.2. The van der Waals surface area contributed by atoms with Crippen LogP contribution in [-0.4, -0.2) is 0 Å². The molecule has 2 rings (SSSR count). The maximum Gasteiger partial charge on any atom is 0.144 e. The first kappa shape index (κ1) is 15.2. The van der Waals surface area contributed by atoms with Gasteiger partial charge in [0.1, 0.15) is 23.3 Å². The van der Waals surface area contributed by atoms with Crippen LogP contribution in [0.3, 0.4) is 0 Å². The molecule has 2 aromatic carbocycles. The van der Waals surface area contributed by atoms with Gasteiger partial charge in [-0.3, -0.25) is 0 Å². The summed E-state index contributed by atoms with van der Waals surface area (Å²) in [4.78, 5) is 0. The molecule has 0 heterocycles. The second kappa shape index (κ2) is 6.49. The second-order valence-electron chi connectivity index (χ2n) is 5.34. The van der Waals surface area contributed by atoms with Crippen LogP contribution in [0.25, 0.3) is 11.1 Å². The largest absolute Gasteiger partial charge is 0.205 e. The Morgan fingerprint density at radius 1 is 1.05 bits per heavy atom. The van der Waals surface area contributed by atoms with Crippen LogP contribution in [0.15, 0.2) is 36.4 Å². The van der Waals surface area contributed by atoms with Crippen LogP contribution in [-0.2, 0) is 6.42 Å². The van der Waals surface area contributed by atoms with Gasteiger partial charge in [0.25, 0.3) is 0 Å². The predicted octanol–water partition coefficient (Wildman–Crippen LogP) is 5.09. The molecule has 0 N–H and O–H groups in total. The number of hydrogen-bond donors (Lipinski definition) is 0. The van der Waals surface area contributed by atoms with Crippen molar-refractivity contribution in [2.45, 2.75) is 26.7 Å². The Morgan fingerprint density at radius 2 is 1.62 bits per heavy atom. The third-order valence-corrected chi connectivity index (χ3v) is 3.72. The van der Waals surface area contributed by atoms with Crippen LogP contribution in [0.4, 0.5) is 8.78 Å². The van der Waals surface area contributed by atoms with Gasteiger partial charge in [-0.15, -0.1) is 0 Å². The van der Waals surface area contributed by atoms with E-state index >= 15 is 0 Å². The number of nitriles is 1. The molecule has 1 atom stereocenters. The minimum absolute atomic E-state index is 0.444. The van der Waals surface area contributed by atoms with E-state index in [1.54, 1.807) is 0 Å². The Morgan fingerprint density at radius 3 is 2.10 bits per heavy atom. The Hall–Kier alpha value is -2.21. The maximum atomic E-state index is 13.6. The lowest BCUT2D eigenvalue weighted by Crippen LogP contribution is -1.97. The average molecular weight is 285 g/mol. The van der Waals surface area contributed by atoms with E-state index in [9.17, 15) is 8.78 Å². The summed E-state index contributed by atoms with van der Waals surface area (Å²) < 4.78 is 27.3. The molecule has 0 aliphatic heterocycles. The van der Waals surface area contributed by atoms with E-state index in [4.69, 9.17) is 5.26 Å². The van der Waals surface area contributed by atoms with Crippen molar-refractivity contribution in [2.24, 2.45) is 5.92 Å². The normalized spacial score (nSPS) is 12.0. The van der Waals surface area contributed by atoms with E-state index < -0.39 is 17.2 Å². The molecule has 2 aromatic rings. The van der Waals surface area contributed by atoms with Gasteiger partial charge in [-0.05, 0) is 41.2 Å². The van der Waals surface area contributed by atoms with Gasteiger partial charge in [0, 0.05) is 0 Å². The van der Waals surface area contributed by atoms with Crippen molar-refractivity contribution in [1.82, 2.24) is 0 Å². The van der Waals surface area contributed by atoms with Crippen LogP contribution in [0.2, 0.25) is 0 Å². The Labute approximate surface area is 123 Å². The molecule has 0 spiro atoms. The van der Waals surface area contributed by atoms with Crippen molar-refractivity contribution in [3.8, 4) is 17.2 Å². The first-order chi connectivity index (χ1) is 10.0. The number of nitrogens with zero attached hydrogens (tertiary/aromatic N) is 1. The molecule has 108 valence electrons. The highest BCUT2D eigenvalue weighted by Gasteiger charge is 2.11. The van der Waals surface area contributed by atoms with Gasteiger partial charge < -0.3 is 0 Å². The smallest absolute Gasteiger partial charge is 0.144 e. The lowest BCUT2D eigenvalue weighted by atomic mass is 9.96. The fraction of sp³-hybridized carbons (Fsp3) is 0.278. The summed E-state index contributed by atoms with van der Waals surface area (Å²) in [5, 5.41) is 8.67. The molecule has 0 fully saturated rings. The summed E-state index contributed by atoms with van der Waals surface area (Å²) in [5.74, 6) is -1.03. The Bertz CT molecular complexity index is 646. The first-order valence-electron chi connectivity index (χ1n) is 7.03. The van der Waals surface area contributed by atoms with Crippen LogP contribution in [0.1, 0.15) is 31.4 Å². The van der Waals surface area contributed by atoms with E-state index in [-0.39, 0.29) is 0 Å². The first-order valence-corrected chi connectivity index (χ1v) is 7.03. The van der Waals surface area contributed by atoms with E-state index in [0.717, 1.165) is 18.4 Å². The van der Waals surface area contributed by atoms with Crippen molar-refractivity contribution in [3.05, 3.63) is 59.2 Å². The third kappa shape index (κ3) is 3.46. The van der Waals surface area contributed by atoms with Crippen LogP contribution in [0.5, 0.6) is 0 Å². The molecule has 0 aliphatic rings. The summed E-state index contributed by atoms with van der Waals surface area (Å²) in [6.07, 6.45) is 2.11. The van der Waals surface area contributed by atoms with Gasteiger partial charge in [0.2, 0.25) is 0 Å². The molecule has 0 amide bonds. The third-order valence-electron chi connectivity index (χ3n) is 3.72. The lowest BCUT2D eigenvalue weighted by Gasteiger charge is -2.09. The van der Waals surface area contributed by atoms with Gasteiger partial charge in [-0.25, -0.2) is 8.78 Å². The number of halogens is 2. The average Bonchev–Trinajstić information content (AvgIpc) is 2.47. The van der Waals surface area contributed by atoms with Gasteiger partial charge in [-0.2, -0.15) is 5.26 Å². The summed E-state index contributed by atoms with van der Waals surface area (Å²) in [5.41, 5.74) is 1.86. The van der Waals surface area contributed by atoms with Crippen LogP contribution in [0, 0.1) is 28.9 Å². The molecule has 0 saturated carbocycles. The summed E-state index contributed by atoms with van der Waals surface area (Å²) >= 11 is 0. The van der Waals surface area contributed by atoms with E-state index in [1.807, 2.05) is 24.3 Å². The molecule has 21 heavy (non-hydrogen) atoms. The number of benzene rings is 2. The van der Waals surface area contributed by atoms with E-state index in [1.165, 1.54) is 23.8 Å². The number of rotatable bonds is 4. The highest BCUT2D eigenvalue weighted by atomic mass is 19.1. The quantitative estimate of drug-likeness (QED) is 0.767. The maximum absolute atomic E-state index is 13.6. The Kier molecular flexibility index (Phi) is 4.70. The van der Waals surface area contributed by atoms with Gasteiger partial charge in [0.05, 0.1) is 0 Å². The molecule has 0 radical (unpaired) electrons. The predicted molar refractivity (Wildman–Crippen MR) is 79.7 cm³/mol. The molecule has 1 nitrogen and oxygen atoms in total. The zero-order valence-corrected chi connectivity index (χ0v) is 12.2. The molecular formula is C18H17F2N. The van der Waals surface area contributed by atoms with Crippen molar-refractivity contribution in [3.63, 3.8) is 0 Å². The van der Waals surface area contributed by atoms with Crippen molar-refractivity contribution in [2.75, 3.05) is 0 Å². The molecular weight excluding hydrogens is 268 g/mol. The highest BCUT2D eigenvalue weighted by Crippen LogP contribution is 2.25. The summed E-state index contributed by atoms with van der Waals surface area (Å²) in [6, 6.07) is 11.6. The molecule has 1 unspecified atom stereocenters. The van der Waals surface area contributed by atoms with Gasteiger partial charge in [0.15, 0.2) is 0 Å². The van der Waals surface area contributed by atoms with Crippen LogP contribution < -0.4 is 0 Å². The minimum atomic E-state index is -0.823. The number of hydrogen-bond acceptors (Lipinski definition) is 1. The van der Waals surface area contributed by atoms with Crippen molar-refractivity contribution < 1.29 is 8.78 Å². The van der Waals surface area contributed by atoms with E-state index in [0.29, 0.717) is 11.5 Å². The fourth-order valence-corrected chi connectivity index (χ4v) is 2.23. The standard InChI is InChI=1S/C18H17F2N/c1-3-12(2)8-13-4-6-14(7-5-13)15-9-17(19)16(11-21)18(20)10-15/h4-7,9-10,12H,3,8H2,1-2H3. The van der Waals surface area contributed by atoms with Gasteiger partial charge in [-0.1, -0.05) is 44.5 Å². The molecule has 3 heteroatoms.